The summed E-state index contributed by atoms with van der Waals surface area (Å²) in [6, 6.07) is 20.3. The largest absolute Gasteiger partial charge is 0.268 e. The van der Waals surface area contributed by atoms with Crippen LogP contribution in [-0.2, 0) is 16.6 Å². The van der Waals surface area contributed by atoms with E-state index in [1.807, 2.05) is 29.1 Å². The molecule has 0 fully saturated rings. The summed E-state index contributed by atoms with van der Waals surface area (Å²) in [6.07, 6.45) is 6.80. The van der Waals surface area contributed by atoms with Crippen LogP contribution < -0.4 is 0 Å². The van der Waals surface area contributed by atoms with Gasteiger partial charge in [-0.3, -0.25) is 4.68 Å². The first kappa shape index (κ1) is 16.4. The Kier molecular flexibility index (Phi) is 4.18. The summed E-state index contributed by atoms with van der Waals surface area (Å²) in [5.41, 5.74) is 3.05. The summed E-state index contributed by atoms with van der Waals surface area (Å²) in [6.45, 7) is 0.695. The van der Waals surface area contributed by atoms with Crippen LogP contribution in [0.25, 0.3) is 11.1 Å². The highest BCUT2D eigenvalue weighted by Crippen LogP contribution is 2.22. The summed E-state index contributed by atoms with van der Waals surface area (Å²) in [7, 11) is -3.53. The van der Waals surface area contributed by atoms with E-state index in [1.54, 1.807) is 42.6 Å². The van der Waals surface area contributed by atoms with E-state index in [4.69, 9.17) is 0 Å². The molecule has 0 N–H and O–H groups in total. The Morgan fingerprint density at radius 1 is 0.808 bits per heavy atom. The highest BCUT2D eigenvalue weighted by Gasteiger charge is 2.15. The third-order valence-corrected chi connectivity index (χ3v) is 5.83. The first-order valence-corrected chi connectivity index (χ1v) is 9.62. The summed E-state index contributed by atoms with van der Waals surface area (Å²) in [5.74, 6) is 0. The highest BCUT2D eigenvalue weighted by molar-refractivity contribution is 7.90. The van der Waals surface area contributed by atoms with Crippen LogP contribution in [0.4, 0.5) is 0 Å². The van der Waals surface area contributed by atoms with Gasteiger partial charge in [-0.25, -0.2) is 12.4 Å². The quantitative estimate of drug-likeness (QED) is 0.544. The van der Waals surface area contributed by atoms with Crippen LogP contribution in [0.3, 0.4) is 0 Å². The van der Waals surface area contributed by atoms with Crippen molar-refractivity contribution in [3.63, 3.8) is 0 Å². The molecule has 4 rings (SSSR count). The van der Waals surface area contributed by atoms with Crippen LogP contribution in [0, 0.1) is 0 Å². The number of aromatic nitrogens is 3. The molecule has 0 atom stereocenters. The van der Waals surface area contributed by atoms with E-state index < -0.39 is 10.0 Å². The second-order valence-corrected chi connectivity index (χ2v) is 7.80. The molecule has 2 heterocycles. The van der Waals surface area contributed by atoms with Gasteiger partial charge in [-0.2, -0.15) is 5.10 Å². The van der Waals surface area contributed by atoms with Gasteiger partial charge in [0, 0.05) is 24.2 Å². The van der Waals surface area contributed by atoms with Crippen LogP contribution >= 0.6 is 0 Å². The normalized spacial score (nSPS) is 11.5. The van der Waals surface area contributed by atoms with Gasteiger partial charge in [0.1, 0.15) is 0 Å². The standard InChI is InChI=1S/C20H17N3O2S/c24-26(25,23-12-4-5-13-23)20-10-8-18(9-11-20)19-14-21-22(16-19)15-17-6-2-1-3-7-17/h1-14,16H,15H2. The first-order valence-electron chi connectivity index (χ1n) is 8.18. The minimum absolute atomic E-state index is 0.258. The average Bonchev–Trinajstić information content (AvgIpc) is 3.35. The summed E-state index contributed by atoms with van der Waals surface area (Å²) >= 11 is 0. The summed E-state index contributed by atoms with van der Waals surface area (Å²) < 4.78 is 28.1. The van der Waals surface area contributed by atoms with E-state index >= 15 is 0 Å². The zero-order valence-corrected chi connectivity index (χ0v) is 14.8. The van der Waals surface area contributed by atoms with Crippen LogP contribution in [0.1, 0.15) is 5.56 Å². The molecule has 4 aromatic rings. The topological polar surface area (TPSA) is 56.9 Å². The smallest absolute Gasteiger partial charge is 0.267 e. The van der Waals surface area contributed by atoms with Gasteiger partial charge >= 0.3 is 0 Å². The molecular weight excluding hydrogens is 346 g/mol. The van der Waals surface area contributed by atoms with Crippen molar-refractivity contribution >= 4 is 10.0 Å². The minimum atomic E-state index is -3.53. The summed E-state index contributed by atoms with van der Waals surface area (Å²) in [5, 5.41) is 4.39. The van der Waals surface area contributed by atoms with Gasteiger partial charge in [-0.1, -0.05) is 42.5 Å². The second-order valence-electron chi connectivity index (χ2n) is 5.95. The van der Waals surface area contributed by atoms with E-state index in [9.17, 15) is 8.42 Å². The number of benzene rings is 2. The molecule has 0 unspecified atom stereocenters. The van der Waals surface area contributed by atoms with E-state index in [0.717, 1.165) is 11.1 Å². The van der Waals surface area contributed by atoms with Crippen molar-refractivity contribution in [2.24, 2.45) is 0 Å². The highest BCUT2D eigenvalue weighted by atomic mass is 32.2. The Morgan fingerprint density at radius 3 is 2.19 bits per heavy atom. The predicted molar refractivity (Wildman–Crippen MR) is 100 cm³/mol. The van der Waals surface area contributed by atoms with Crippen molar-refractivity contribution < 1.29 is 8.42 Å². The van der Waals surface area contributed by atoms with Crippen LogP contribution in [0.5, 0.6) is 0 Å². The monoisotopic (exact) mass is 363 g/mol. The number of rotatable bonds is 5. The van der Waals surface area contributed by atoms with Gasteiger partial charge in [0.2, 0.25) is 0 Å². The van der Waals surface area contributed by atoms with Crippen LogP contribution in [0.15, 0.2) is 96.4 Å². The summed E-state index contributed by atoms with van der Waals surface area (Å²) in [4.78, 5) is 0.258. The molecule has 0 saturated heterocycles. The molecule has 0 saturated carbocycles. The van der Waals surface area contributed by atoms with Crippen molar-refractivity contribution in [2.45, 2.75) is 11.4 Å². The lowest BCUT2D eigenvalue weighted by Gasteiger charge is -2.06. The molecule has 0 spiro atoms. The molecule has 6 heteroatoms. The van der Waals surface area contributed by atoms with Crippen LogP contribution in [0.2, 0.25) is 0 Å². The Hall–Kier alpha value is -3.12. The van der Waals surface area contributed by atoms with Gasteiger partial charge in [-0.05, 0) is 35.4 Å². The number of nitrogens with zero attached hydrogens (tertiary/aromatic N) is 3. The molecule has 0 aliphatic heterocycles. The molecule has 0 aliphatic carbocycles. The zero-order valence-electron chi connectivity index (χ0n) is 13.9. The molecule has 0 bridgehead atoms. The number of hydrogen-bond acceptors (Lipinski definition) is 3. The molecular formula is C20H17N3O2S. The first-order chi connectivity index (χ1) is 12.6. The molecule has 2 aromatic heterocycles. The van der Waals surface area contributed by atoms with Gasteiger partial charge in [0.25, 0.3) is 10.0 Å². The minimum Gasteiger partial charge on any atom is -0.268 e. The van der Waals surface area contributed by atoms with Crippen molar-refractivity contribution in [1.82, 2.24) is 13.8 Å². The van der Waals surface area contributed by atoms with E-state index in [-0.39, 0.29) is 4.90 Å². The van der Waals surface area contributed by atoms with Gasteiger partial charge in [-0.15, -0.1) is 0 Å². The Morgan fingerprint density at radius 2 is 1.50 bits per heavy atom. The zero-order chi connectivity index (χ0) is 18.0. The lowest BCUT2D eigenvalue weighted by atomic mass is 10.1. The third kappa shape index (κ3) is 3.19. The van der Waals surface area contributed by atoms with Crippen molar-refractivity contribution in [3.8, 4) is 11.1 Å². The molecule has 130 valence electrons. The van der Waals surface area contributed by atoms with Crippen molar-refractivity contribution in [3.05, 3.63) is 97.1 Å². The number of hydrogen-bond donors (Lipinski definition) is 0. The maximum absolute atomic E-state index is 12.5. The predicted octanol–water partition coefficient (Wildman–Crippen LogP) is 3.64. The molecule has 0 aliphatic rings. The van der Waals surface area contributed by atoms with E-state index in [1.165, 1.54) is 21.9 Å². The Balaban J connectivity index is 1.56. The third-order valence-electron chi connectivity index (χ3n) is 4.16. The van der Waals surface area contributed by atoms with Crippen LogP contribution in [-0.4, -0.2) is 22.2 Å². The Bertz CT molecular complexity index is 1100. The van der Waals surface area contributed by atoms with Crippen molar-refractivity contribution in [1.29, 1.82) is 0 Å². The fourth-order valence-corrected chi connectivity index (χ4v) is 3.97. The molecule has 0 radical (unpaired) electrons. The maximum atomic E-state index is 12.5. The lowest BCUT2D eigenvalue weighted by Crippen LogP contribution is -2.10. The Labute approximate surface area is 152 Å². The van der Waals surface area contributed by atoms with Crippen molar-refractivity contribution in [2.75, 3.05) is 0 Å². The van der Waals surface area contributed by atoms with E-state index in [0.29, 0.717) is 6.54 Å². The fraction of sp³-hybridized carbons (Fsp3) is 0.0500. The SMILES string of the molecule is O=S(=O)(c1ccc(-c2cnn(Cc3ccccc3)c2)cc1)n1cccc1. The molecule has 26 heavy (non-hydrogen) atoms. The molecule has 0 amide bonds. The van der Waals surface area contributed by atoms with Gasteiger partial charge in [0.15, 0.2) is 0 Å². The lowest BCUT2D eigenvalue weighted by molar-refractivity contribution is 0.587. The maximum Gasteiger partial charge on any atom is 0.267 e. The van der Waals surface area contributed by atoms with Gasteiger partial charge < -0.3 is 0 Å². The van der Waals surface area contributed by atoms with Gasteiger partial charge in [0.05, 0.1) is 17.6 Å². The molecule has 2 aromatic carbocycles. The van der Waals surface area contributed by atoms with E-state index in [2.05, 4.69) is 17.2 Å². The average molecular weight is 363 g/mol. The second kappa shape index (κ2) is 6.65. The molecule has 5 nitrogen and oxygen atoms in total. The fourth-order valence-electron chi connectivity index (χ4n) is 2.79.